The van der Waals surface area contributed by atoms with E-state index < -0.39 is 5.97 Å². The fourth-order valence-corrected chi connectivity index (χ4v) is 3.02. The number of halogens is 1. The highest BCUT2D eigenvalue weighted by molar-refractivity contribution is 6.30. The normalized spacial score (nSPS) is 14.8. The highest BCUT2D eigenvalue weighted by Gasteiger charge is 2.21. The molecule has 2 aromatic rings. The molecule has 7 nitrogen and oxygen atoms in total. The van der Waals surface area contributed by atoms with Crippen LogP contribution in [0.25, 0.3) is 11.4 Å². The van der Waals surface area contributed by atoms with Crippen LogP contribution in [0.15, 0.2) is 28.8 Å². The van der Waals surface area contributed by atoms with E-state index in [-0.39, 0.29) is 30.9 Å². The number of benzene rings is 1. The van der Waals surface area contributed by atoms with Crippen LogP contribution in [0.2, 0.25) is 5.02 Å². The standard InChI is InChI=1S/C18H20ClN3O4/c19-14-8-6-12(7-9-14)17-21-15(26-22-17)11-25-16(23)10-20-18(24)13-4-2-1-3-5-13/h6-9,13H,1-5,10-11H2,(H,20,24). The largest absolute Gasteiger partial charge is 0.454 e. The second-order valence-electron chi connectivity index (χ2n) is 6.23. The molecule has 1 fully saturated rings. The van der Waals surface area contributed by atoms with Crippen molar-refractivity contribution in [3.63, 3.8) is 0 Å². The molecule has 0 radical (unpaired) electrons. The summed E-state index contributed by atoms with van der Waals surface area (Å²) in [5.74, 6) is -0.0421. The van der Waals surface area contributed by atoms with E-state index in [2.05, 4.69) is 15.5 Å². The number of nitrogens with one attached hydrogen (secondary N) is 1. The van der Waals surface area contributed by atoms with E-state index in [1.165, 1.54) is 6.42 Å². The summed E-state index contributed by atoms with van der Waals surface area (Å²) in [6, 6.07) is 6.98. The van der Waals surface area contributed by atoms with Crippen LogP contribution in [0.5, 0.6) is 0 Å². The van der Waals surface area contributed by atoms with Gasteiger partial charge in [0.05, 0.1) is 0 Å². The lowest BCUT2D eigenvalue weighted by molar-refractivity contribution is -0.146. The maximum atomic E-state index is 12.0. The minimum Gasteiger partial charge on any atom is -0.454 e. The van der Waals surface area contributed by atoms with Crippen molar-refractivity contribution in [1.82, 2.24) is 15.5 Å². The molecule has 1 amide bonds. The molecule has 1 aliphatic rings. The van der Waals surface area contributed by atoms with Crippen molar-refractivity contribution in [2.45, 2.75) is 38.7 Å². The summed E-state index contributed by atoms with van der Waals surface area (Å²) in [5.41, 5.74) is 0.746. The monoisotopic (exact) mass is 377 g/mol. The zero-order valence-electron chi connectivity index (χ0n) is 14.2. The predicted molar refractivity (Wildman–Crippen MR) is 94.1 cm³/mol. The van der Waals surface area contributed by atoms with Gasteiger partial charge in [0, 0.05) is 16.5 Å². The van der Waals surface area contributed by atoms with Crippen LogP contribution >= 0.6 is 11.6 Å². The quantitative estimate of drug-likeness (QED) is 0.777. The Morgan fingerprint density at radius 3 is 2.65 bits per heavy atom. The topological polar surface area (TPSA) is 94.3 Å². The average Bonchev–Trinajstić information content (AvgIpc) is 3.14. The van der Waals surface area contributed by atoms with Crippen molar-refractivity contribution in [2.24, 2.45) is 5.92 Å². The third-order valence-electron chi connectivity index (χ3n) is 4.31. The molecule has 0 spiro atoms. The number of hydrogen-bond donors (Lipinski definition) is 1. The molecular weight excluding hydrogens is 358 g/mol. The number of carbonyl (C=O) groups excluding carboxylic acids is 2. The van der Waals surface area contributed by atoms with Crippen molar-refractivity contribution < 1.29 is 18.8 Å². The predicted octanol–water partition coefficient (Wildman–Crippen LogP) is 3.13. The number of aromatic nitrogens is 2. The number of rotatable bonds is 6. The number of amides is 1. The first-order chi connectivity index (χ1) is 12.6. The summed E-state index contributed by atoms with van der Waals surface area (Å²) in [6.45, 7) is -0.299. The zero-order chi connectivity index (χ0) is 18.4. The maximum absolute atomic E-state index is 12.0. The Balaban J connectivity index is 1.43. The molecule has 1 aromatic heterocycles. The van der Waals surface area contributed by atoms with E-state index in [1.54, 1.807) is 24.3 Å². The van der Waals surface area contributed by atoms with Gasteiger partial charge in [-0.25, -0.2) is 0 Å². The van der Waals surface area contributed by atoms with E-state index in [4.69, 9.17) is 20.9 Å². The molecule has 138 valence electrons. The summed E-state index contributed by atoms with van der Waals surface area (Å²) in [5, 5.41) is 7.08. The Morgan fingerprint density at radius 2 is 1.92 bits per heavy atom. The van der Waals surface area contributed by atoms with Crippen LogP contribution in [0.3, 0.4) is 0 Å². The fourth-order valence-electron chi connectivity index (χ4n) is 2.89. The molecule has 0 aliphatic heterocycles. The lowest BCUT2D eigenvalue weighted by Crippen LogP contribution is -2.36. The Kier molecular flexibility index (Phi) is 6.22. The molecule has 0 bridgehead atoms. The van der Waals surface area contributed by atoms with Gasteiger partial charge in [-0.05, 0) is 37.1 Å². The lowest BCUT2D eigenvalue weighted by atomic mass is 9.89. The van der Waals surface area contributed by atoms with E-state index in [1.807, 2.05) is 0 Å². The summed E-state index contributed by atoms with van der Waals surface area (Å²) in [7, 11) is 0. The number of nitrogens with zero attached hydrogens (tertiary/aromatic N) is 2. The Morgan fingerprint density at radius 1 is 1.19 bits per heavy atom. The second-order valence-corrected chi connectivity index (χ2v) is 6.67. The molecule has 3 rings (SSSR count). The van der Waals surface area contributed by atoms with Crippen molar-refractivity contribution in [3.8, 4) is 11.4 Å². The molecule has 8 heteroatoms. The first-order valence-electron chi connectivity index (χ1n) is 8.63. The fraction of sp³-hybridized carbons (Fsp3) is 0.444. The highest BCUT2D eigenvalue weighted by atomic mass is 35.5. The summed E-state index contributed by atoms with van der Waals surface area (Å²) in [6.07, 6.45) is 5.08. The first-order valence-corrected chi connectivity index (χ1v) is 9.01. The van der Waals surface area contributed by atoms with Gasteiger partial charge in [-0.3, -0.25) is 9.59 Å². The average molecular weight is 378 g/mol. The van der Waals surface area contributed by atoms with Crippen LogP contribution in [0.4, 0.5) is 0 Å². The minimum absolute atomic E-state index is 0.00873. The molecular formula is C18H20ClN3O4. The van der Waals surface area contributed by atoms with Gasteiger partial charge in [-0.15, -0.1) is 0 Å². The van der Waals surface area contributed by atoms with E-state index in [0.717, 1.165) is 31.2 Å². The Bertz CT molecular complexity index is 754. The van der Waals surface area contributed by atoms with Gasteiger partial charge < -0.3 is 14.6 Å². The number of ether oxygens (including phenoxy) is 1. The van der Waals surface area contributed by atoms with Gasteiger partial charge in [-0.2, -0.15) is 4.98 Å². The van der Waals surface area contributed by atoms with Crippen molar-refractivity contribution in [1.29, 1.82) is 0 Å². The summed E-state index contributed by atoms with van der Waals surface area (Å²) >= 11 is 5.84. The van der Waals surface area contributed by atoms with Crippen LogP contribution in [0.1, 0.15) is 38.0 Å². The first kappa shape index (κ1) is 18.4. The lowest BCUT2D eigenvalue weighted by Gasteiger charge is -2.20. The highest BCUT2D eigenvalue weighted by Crippen LogP contribution is 2.23. The molecule has 0 saturated heterocycles. The SMILES string of the molecule is O=C(CNC(=O)C1CCCCC1)OCc1nc(-c2ccc(Cl)cc2)no1. The van der Waals surface area contributed by atoms with E-state index in [9.17, 15) is 9.59 Å². The smallest absolute Gasteiger partial charge is 0.325 e. The van der Waals surface area contributed by atoms with Crippen LogP contribution < -0.4 is 5.32 Å². The van der Waals surface area contributed by atoms with Crippen molar-refractivity contribution >= 4 is 23.5 Å². The molecule has 0 atom stereocenters. The number of esters is 1. The maximum Gasteiger partial charge on any atom is 0.325 e. The second kappa shape index (κ2) is 8.80. The Labute approximate surface area is 156 Å². The molecule has 1 aliphatic carbocycles. The molecule has 1 aromatic carbocycles. The van der Waals surface area contributed by atoms with Crippen LogP contribution in [-0.2, 0) is 20.9 Å². The van der Waals surface area contributed by atoms with Crippen molar-refractivity contribution in [3.05, 3.63) is 35.2 Å². The van der Waals surface area contributed by atoms with Crippen LogP contribution in [0, 0.1) is 5.92 Å². The number of hydrogen-bond acceptors (Lipinski definition) is 6. The van der Waals surface area contributed by atoms with Gasteiger partial charge >= 0.3 is 5.97 Å². The van der Waals surface area contributed by atoms with Gasteiger partial charge in [0.25, 0.3) is 5.89 Å². The van der Waals surface area contributed by atoms with Crippen molar-refractivity contribution in [2.75, 3.05) is 6.54 Å². The van der Waals surface area contributed by atoms with Crippen LogP contribution in [-0.4, -0.2) is 28.6 Å². The molecule has 1 saturated carbocycles. The van der Waals surface area contributed by atoms with E-state index >= 15 is 0 Å². The number of carbonyl (C=O) groups is 2. The Hall–Kier alpha value is -2.41. The molecule has 0 unspecified atom stereocenters. The third kappa shape index (κ3) is 5.05. The summed E-state index contributed by atoms with van der Waals surface area (Å²) < 4.78 is 10.1. The molecule has 1 heterocycles. The van der Waals surface area contributed by atoms with Gasteiger partial charge in [0.2, 0.25) is 11.7 Å². The van der Waals surface area contributed by atoms with E-state index in [0.29, 0.717) is 10.8 Å². The van der Waals surface area contributed by atoms with Gasteiger partial charge in [0.1, 0.15) is 6.54 Å². The van der Waals surface area contributed by atoms with Gasteiger partial charge in [0.15, 0.2) is 6.61 Å². The van der Waals surface area contributed by atoms with Gasteiger partial charge in [-0.1, -0.05) is 36.0 Å². The molecule has 26 heavy (non-hydrogen) atoms. The minimum atomic E-state index is -0.541. The zero-order valence-corrected chi connectivity index (χ0v) is 15.0. The summed E-state index contributed by atoms with van der Waals surface area (Å²) in [4.78, 5) is 27.9. The third-order valence-corrected chi connectivity index (χ3v) is 4.56. The molecule has 1 N–H and O–H groups in total.